The van der Waals surface area contributed by atoms with E-state index in [9.17, 15) is 0 Å². The van der Waals surface area contributed by atoms with Gasteiger partial charge in [-0.25, -0.2) is 20.5 Å². The van der Waals surface area contributed by atoms with Gasteiger partial charge >= 0.3 is 0 Å². The van der Waals surface area contributed by atoms with Gasteiger partial charge in [0.25, 0.3) is 0 Å². The van der Waals surface area contributed by atoms with E-state index in [1.807, 2.05) is 24.3 Å². The predicted octanol–water partition coefficient (Wildman–Crippen LogP) is 5.09. The third-order valence-electron chi connectivity index (χ3n) is 3.97. The van der Waals surface area contributed by atoms with Crippen LogP contribution in [0.3, 0.4) is 0 Å². The Morgan fingerprint density at radius 2 is 1.93 bits per heavy atom. The van der Waals surface area contributed by atoms with E-state index < -0.39 is 0 Å². The van der Waals surface area contributed by atoms with Crippen molar-refractivity contribution >= 4 is 45.8 Å². The Morgan fingerprint density at radius 3 is 2.75 bits per heavy atom. The number of fused-ring (bicyclic) bond motifs is 1. The van der Waals surface area contributed by atoms with Gasteiger partial charge in [0.15, 0.2) is 11.6 Å². The number of anilines is 3. The fraction of sp³-hybridized carbons (Fsp3) is 0.0526. The van der Waals surface area contributed by atoms with Crippen LogP contribution in [0.25, 0.3) is 10.9 Å². The van der Waals surface area contributed by atoms with E-state index in [1.54, 1.807) is 24.5 Å². The van der Waals surface area contributed by atoms with Crippen molar-refractivity contribution in [2.45, 2.75) is 6.54 Å². The van der Waals surface area contributed by atoms with Crippen LogP contribution in [-0.4, -0.2) is 19.9 Å². The highest BCUT2D eigenvalue weighted by Crippen LogP contribution is 2.24. The number of halogens is 1. The lowest BCUT2D eigenvalue weighted by atomic mass is 10.1. The maximum absolute atomic E-state index is 7.32. The Hall–Kier alpha value is -3.65. The predicted molar refractivity (Wildman–Crippen MR) is 108 cm³/mol. The molecule has 3 heterocycles. The molecule has 138 valence electrons. The monoisotopic (exact) mass is 390 g/mol. The average molecular weight is 391 g/mol. The molecule has 0 aliphatic rings. The molecule has 0 amide bonds. The Balaban J connectivity index is 1.53. The largest absolute Gasteiger partial charge is 0.363 e. The smallest absolute Gasteiger partial charge is 0.216 e. The number of rotatable bonds is 6. The highest BCUT2D eigenvalue weighted by molar-refractivity contribution is 6.30. The van der Waals surface area contributed by atoms with Crippen molar-refractivity contribution in [3.63, 3.8) is 0 Å². The number of pyridine rings is 2. The van der Waals surface area contributed by atoms with Crippen LogP contribution in [0.1, 0.15) is 5.56 Å². The molecule has 28 heavy (non-hydrogen) atoms. The van der Waals surface area contributed by atoms with E-state index in [0.717, 1.165) is 16.5 Å². The summed E-state index contributed by atoms with van der Waals surface area (Å²) in [6.07, 6.45) is 4.81. The van der Waals surface area contributed by atoms with Crippen LogP contribution in [0.5, 0.6) is 0 Å². The molecule has 0 saturated heterocycles. The molecular weight excluding hydrogens is 376 g/mol. The van der Waals surface area contributed by atoms with Gasteiger partial charge in [0.05, 0.1) is 16.7 Å². The zero-order valence-corrected chi connectivity index (χ0v) is 15.4. The molecular formula is C19H15ClN8. The summed E-state index contributed by atoms with van der Waals surface area (Å²) in [5.41, 5.74) is 9.31. The van der Waals surface area contributed by atoms with Crippen molar-refractivity contribution in [3.8, 4) is 0 Å². The summed E-state index contributed by atoms with van der Waals surface area (Å²) in [5, 5.41) is 11.3. The summed E-state index contributed by atoms with van der Waals surface area (Å²) >= 11 is 5.85. The highest BCUT2D eigenvalue weighted by Gasteiger charge is 2.08. The van der Waals surface area contributed by atoms with Gasteiger partial charge in [-0.3, -0.25) is 4.98 Å². The molecule has 0 fully saturated rings. The van der Waals surface area contributed by atoms with Crippen LogP contribution >= 0.6 is 11.6 Å². The van der Waals surface area contributed by atoms with Crippen LogP contribution < -0.4 is 10.6 Å². The van der Waals surface area contributed by atoms with Crippen molar-refractivity contribution < 1.29 is 0 Å². The van der Waals surface area contributed by atoms with Crippen molar-refractivity contribution in [2.24, 2.45) is 5.11 Å². The van der Waals surface area contributed by atoms with E-state index >= 15 is 0 Å². The second kappa shape index (κ2) is 7.93. The zero-order chi connectivity index (χ0) is 19.3. The van der Waals surface area contributed by atoms with Crippen molar-refractivity contribution in [2.75, 3.05) is 10.6 Å². The number of nitrogens with zero attached hydrogens (tertiary/aromatic N) is 5. The van der Waals surface area contributed by atoms with Gasteiger partial charge in [-0.1, -0.05) is 23.7 Å². The van der Waals surface area contributed by atoms with E-state index in [2.05, 4.69) is 41.8 Å². The fourth-order valence-electron chi connectivity index (χ4n) is 2.65. The lowest BCUT2D eigenvalue weighted by Crippen LogP contribution is -2.05. The quantitative estimate of drug-likeness (QED) is 0.395. The molecule has 3 aromatic heterocycles. The summed E-state index contributed by atoms with van der Waals surface area (Å²) in [5.74, 6) is 1.67. The molecule has 0 aliphatic heterocycles. The maximum atomic E-state index is 7.32. The number of aromatic nitrogens is 4. The standard InChI is InChI=1S/C19H15ClN8/c20-14-4-6-16(23-10-14)26-17-11-25-19(28-21)18(27-17)24-9-12-3-5-15-13(8-12)2-1-7-22-15/h1-8,10-11,21H,9H2,(H2,23,24,26,27). The van der Waals surface area contributed by atoms with Crippen LogP contribution in [0.15, 0.2) is 66.2 Å². The molecule has 4 rings (SSSR count). The molecule has 1 aromatic carbocycles. The molecule has 3 N–H and O–H groups in total. The summed E-state index contributed by atoms with van der Waals surface area (Å²) in [6.45, 7) is 0.505. The van der Waals surface area contributed by atoms with Crippen LogP contribution in [0.2, 0.25) is 5.02 Å². The Morgan fingerprint density at radius 1 is 1.00 bits per heavy atom. The number of benzene rings is 1. The number of hydrogen-bond donors (Lipinski definition) is 3. The lowest BCUT2D eigenvalue weighted by Gasteiger charge is -2.10. The second-order valence-corrected chi connectivity index (χ2v) is 6.35. The lowest BCUT2D eigenvalue weighted by molar-refractivity contribution is 1.03. The molecule has 8 nitrogen and oxygen atoms in total. The molecule has 0 radical (unpaired) electrons. The molecule has 0 aliphatic carbocycles. The van der Waals surface area contributed by atoms with Crippen LogP contribution in [-0.2, 0) is 6.54 Å². The van der Waals surface area contributed by atoms with Crippen molar-refractivity contribution in [1.29, 1.82) is 5.53 Å². The van der Waals surface area contributed by atoms with E-state index in [-0.39, 0.29) is 5.82 Å². The normalized spacial score (nSPS) is 10.6. The van der Waals surface area contributed by atoms with Crippen LogP contribution in [0.4, 0.5) is 23.3 Å². The second-order valence-electron chi connectivity index (χ2n) is 5.91. The molecule has 0 bridgehead atoms. The first kappa shape index (κ1) is 17.7. The topological polar surface area (TPSA) is 112 Å². The minimum absolute atomic E-state index is 0.206. The average Bonchev–Trinajstić information content (AvgIpc) is 2.74. The van der Waals surface area contributed by atoms with Crippen molar-refractivity contribution in [3.05, 3.63) is 71.6 Å². The Bertz CT molecular complexity index is 1130. The zero-order valence-electron chi connectivity index (χ0n) is 14.6. The van der Waals surface area contributed by atoms with Gasteiger partial charge < -0.3 is 10.6 Å². The molecule has 0 atom stereocenters. The van der Waals surface area contributed by atoms with E-state index in [0.29, 0.717) is 29.0 Å². The van der Waals surface area contributed by atoms with E-state index in [1.165, 1.54) is 6.20 Å². The van der Waals surface area contributed by atoms with Crippen LogP contribution in [0, 0.1) is 5.53 Å². The first-order valence-corrected chi connectivity index (χ1v) is 8.80. The van der Waals surface area contributed by atoms with Gasteiger partial charge in [-0.15, -0.1) is 5.11 Å². The third kappa shape index (κ3) is 4.02. The summed E-state index contributed by atoms with van der Waals surface area (Å²) < 4.78 is 0. The third-order valence-corrected chi connectivity index (χ3v) is 4.19. The molecule has 0 saturated carbocycles. The minimum Gasteiger partial charge on any atom is -0.363 e. The first-order valence-electron chi connectivity index (χ1n) is 8.42. The fourth-order valence-corrected chi connectivity index (χ4v) is 2.76. The Kier molecular flexibility index (Phi) is 5.03. The van der Waals surface area contributed by atoms with Gasteiger partial charge in [-0.2, -0.15) is 0 Å². The Labute approximate surface area is 165 Å². The maximum Gasteiger partial charge on any atom is 0.216 e. The van der Waals surface area contributed by atoms with Crippen molar-refractivity contribution in [1.82, 2.24) is 19.9 Å². The number of hydrogen-bond acceptors (Lipinski definition) is 8. The van der Waals surface area contributed by atoms with Gasteiger partial charge in [0, 0.05) is 24.3 Å². The number of nitrogens with one attached hydrogen (secondary N) is 3. The van der Waals surface area contributed by atoms with Gasteiger partial charge in [0.2, 0.25) is 5.82 Å². The summed E-state index contributed by atoms with van der Waals surface area (Å²) in [7, 11) is 0. The summed E-state index contributed by atoms with van der Waals surface area (Å²) in [6, 6.07) is 13.4. The van der Waals surface area contributed by atoms with Gasteiger partial charge in [-0.05, 0) is 35.9 Å². The SMILES string of the molecule is N=Nc1ncc(Nc2ccc(Cl)cn2)nc1NCc1ccc2ncccc2c1. The molecule has 0 unspecified atom stereocenters. The van der Waals surface area contributed by atoms with E-state index in [4.69, 9.17) is 17.1 Å². The molecule has 0 spiro atoms. The molecule has 4 aromatic rings. The first-order chi connectivity index (χ1) is 13.7. The minimum atomic E-state index is 0.206. The highest BCUT2D eigenvalue weighted by atomic mass is 35.5. The molecule has 9 heteroatoms. The van der Waals surface area contributed by atoms with Gasteiger partial charge in [0.1, 0.15) is 5.82 Å². The summed E-state index contributed by atoms with van der Waals surface area (Å²) in [4.78, 5) is 17.1.